The van der Waals surface area contributed by atoms with E-state index >= 15 is 0 Å². The molecule has 122 valence electrons. The van der Waals surface area contributed by atoms with Crippen LogP contribution in [0.2, 0.25) is 0 Å². The van der Waals surface area contributed by atoms with Crippen molar-refractivity contribution in [2.45, 2.75) is 25.9 Å². The van der Waals surface area contributed by atoms with Gasteiger partial charge in [-0.1, -0.05) is 54.6 Å². The Labute approximate surface area is 137 Å². The Morgan fingerprint density at radius 3 is 2.09 bits per heavy atom. The van der Waals surface area contributed by atoms with E-state index in [-0.39, 0.29) is 12.6 Å². The van der Waals surface area contributed by atoms with Crippen LogP contribution in [0.15, 0.2) is 54.6 Å². The van der Waals surface area contributed by atoms with Crippen molar-refractivity contribution in [3.63, 3.8) is 0 Å². The Bertz CT molecular complexity index is 582. The number of amides is 2. The molecule has 2 amide bonds. The minimum atomic E-state index is -0.120. The van der Waals surface area contributed by atoms with Crippen molar-refractivity contribution in [2.24, 2.45) is 0 Å². The number of aliphatic hydroxyl groups excluding tert-OH is 1. The number of urea groups is 1. The molecule has 0 aliphatic heterocycles. The fourth-order valence-electron chi connectivity index (χ4n) is 2.33. The van der Waals surface area contributed by atoms with E-state index in [1.807, 2.05) is 42.5 Å². The van der Waals surface area contributed by atoms with Crippen LogP contribution in [0.4, 0.5) is 4.79 Å². The van der Waals surface area contributed by atoms with Gasteiger partial charge in [-0.05, 0) is 36.0 Å². The van der Waals surface area contributed by atoms with Crippen LogP contribution in [-0.4, -0.2) is 24.2 Å². The van der Waals surface area contributed by atoms with Crippen LogP contribution < -0.4 is 10.6 Å². The van der Waals surface area contributed by atoms with Gasteiger partial charge in [0, 0.05) is 13.1 Å². The first-order chi connectivity index (χ1) is 11.3. The molecule has 0 saturated carbocycles. The molecule has 0 spiro atoms. The van der Waals surface area contributed by atoms with Gasteiger partial charge in [0.2, 0.25) is 0 Å². The average Bonchev–Trinajstić information content (AvgIpc) is 2.60. The predicted molar refractivity (Wildman–Crippen MR) is 92.2 cm³/mol. The number of nitrogens with one attached hydrogen (secondary N) is 2. The van der Waals surface area contributed by atoms with E-state index in [2.05, 4.69) is 22.8 Å². The molecule has 2 aromatic rings. The molecule has 0 radical (unpaired) electrons. The van der Waals surface area contributed by atoms with Crippen molar-refractivity contribution in [3.8, 4) is 0 Å². The summed E-state index contributed by atoms with van der Waals surface area (Å²) < 4.78 is 0. The molecule has 4 heteroatoms. The highest BCUT2D eigenvalue weighted by molar-refractivity contribution is 5.73. The summed E-state index contributed by atoms with van der Waals surface area (Å²) in [5.74, 6) is 0. The third kappa shape index (κ3) is 6.53. The zero-order valence-electron chi connectivity index (χ0n) is 13.3. The Morgan fingerprint density at radius 2 is 1.39 bits per heavy atom. The molecule has 0 atom stereocenters. The normalized spacial score (nSPS) is 10.3. The zero-order chi connectivity index (χ0) is 16.3. The molecular formula is C19H24N2O2. The summed E-state index contributed by atoms with van der Waals surface area (Å²) in [6.07, 6.45) is 2.68. The van der Waals surface area contributed by atoms with E-state index in [1.165, 1.54) is 5.56 Å². The minimum absolute atomic E-state index is 0.0594. The van der Waals surface area contributed by atoms with E-state index < -0.39 is 0 Å². The highest BCUT2D eigenvalue weighted by Crippen LogP contribution is 2.04. The molecule has 4 nitrogen and oxygen atoms in total. The van der Waals surface area contributed by atoms with Crippen LogP contribution in [0.1, 0.15) is 23.1 Å². The molecule has 0 aliphatic rings. The van der Waals surface area contributed by atoms with Gasteiger partial charge in [-0.3, -0.25) is 0 Å². The fourth-order valence-corrected chi connectivity index (χ4v) is 2.33. The maximum Gasteiger partial charge on any atom is 0.314 e. The Hall–Kier alpha value is -2.33. The summed E-state index contributed by atoms with van der Waals surface area (Å²) in [6, 6.07) is 17.9. The van der Waals surface area contributed by atoms with E-state index in [0.29, 0.717) is 13.1 Å². The number of hydrogen-bond acceptors (Lipinski definition) is 2. The van der Waals surface area contributed by atoms with Crippen LogP contribution >= 0.6 is 0 Å². The van der Waals surface area contributed by atoms with Crippen molar-refractivity contribution in [1.82, 2.24) is 10.6 Å². The lowest BCUT2D eigenvalue weighted by Gasteiger charge is -2.08. The summed E-state index contributed by atoms with van der Waals surface area (Å²) in [4.78, 5) is 11.7. The number of aliphatic hydroxyl groups is 1. The largest absolute Gasteiger partial charge is 0.392 e. The molecule has 3 N–H and O–H groups in total. The summed E-state index contributed by atoms with van der Waals surface area (Å²) in [5.41, 5.74) is 3.34. The highest BCUT2D eigenvalue weighted by atomic mass is 16.3. The molecule has 2 aromatic carbocycles. The van der Waals surface area contributed by atoms with E-state index in [9.17, 15) is 4.79 Å². The van der Waals surface area contributed by atoms with E-state index in [1.54, 1.807) is 0 Å². The number of benzene rings is 2. The van der Waals surface area contributed by atoms with Gasteiger partial charge < -0.3 is 15.7 Å². The van der Waals surface area contributed by atoms with Gasteiger partial charge in [0.25, 0.3) is 0 Å². The molecule has 0 fully saturated rings. The number of carbonyl (C=O) groups is 1. The van der Waals surface area contributed by atoms with Gasteiger partial charge >= 0.3 is 6.03 Å². The SMILES string of the molecule is O=C(NCCCc1ccccc1)NCCc1ccc(CO)cc1. The molecule has 0 bridgehead atoms. The van der Waals surface area contributed by atoms with Crippen LogP contribution in [0, 0.1) is 0 Å². The van der Waals surface area contributed by atoms with Crippen molar-refractivity contribution in [2.75, 3.05) is 13.1 Å². The van der Waals surface area contributed by atoms with Crippen molar-refractivity contribution >= 4 is 6.03 Å². The zero-order valence-corrected chi connectivity index (χ0v) is 13.3. The lowest BCUT2D eigenvalue weighted by atomic mass is 10.1. The van der Waals surface area contributed by atoms with Gasteiger partial charge in [-0.15, -0.1) is 0 Å². The molecule has 0 aliphatic carbocycles. The summed E-state index contributed by atoms with van der Waals surface area (Å²) in [6.45, 7) is 1.33. The van der Waals surface area contributed by atoms with Crippen LogP contribution in [0.25, 0.3) is 0 Å². The van der Waals surface area contributed by atoms with Crippen LogP contribution in [-0.2, 0) is 19.4 Å². The summed E-state index contributed by atoms with van der Waals surface area (Å²) in [7, 11) is 0. The minimum Gasteiger partial charge on any atom is -0.392 e. The smallest absolute Gasteiger partial charge is 0.314 e. The monoisotopic (exact) mass is 312 g/mol. The fraction of sp³-hybridized carbons (Fsp3) is 0.316. The molecule has 0 saturated heterocycles. The number of rotatable bonds is 8. The van der Waals surface area contributed by atoms with Gasteiger partial charge in [-0.25, -0.2) is 4.79 Å². The second-order valence-electron chi connectivity index (χ2n) is 5.50. The lowest BCUT2D eigenvalue weighted by molar-refractivity contribution is 0.241. The van der Waals surface area contributed by atoms with E-state index in [0.717, 1.165) is 30.4 Å². The Balaban J connectivity index is 1.56. The first kappa shape index (κ1) is 17.0. The first-order valence-electron chi connectivity index (χ1n) is 8.02. The molecule has 0 unspecified atom stereocenters. The second kappa shape index (κ2) is 9.64. The van der Waals surface area contributed by atoms with E-state index in [4.69, 9.17) is 5.11 Å². The molecule has 2 rings (SSSR count). The average molecular weight is 312 g/mol. The molecule has 23 heavy (non-hydrogen) atoms. The van der Waals surface area contributed by atoms with Gasteiger partial charge in [0.15, 0.2) is 0 Å². The predicted octanol–water partition coefficient (Wildman–Crippen LogP) is 2.65. The van der Waals surface area contributed by atoms with Crippen molar-refractivity contribution in [3.05, 3.63) is 71.3 Å². The molecule has 0 heterocycles. The number of carbonyl (C=O) groups excluding carboxylic acids is 1. The number of hydrogen-bond donors (Lipinski definition) is 3. The topological polar surface area (TPSA) is 61.4 Å². The number of aryl methyl sites for hydroxylation is 1. The quantitative estimate of drug-likeness (QED) is 0.656. The third-order valence-corrected chi connectivity index (χ3v) is 3.68. The Kier molecular flexibility index (Phi) is 7.14. The van der Waals surface area contributed by atoms with Crippen LogP contribution in [0.5, 0.6) is 0 Å². The molecule has 0 aromatic heterocycles. The summed E-state index contributed by atoms with van der Waals surface area (Å²) >= 11 is 0. The maximum atomic E-state index is 11.7. The molecular weight excluding hydrogens is 288 g/mol. The van der Waals surface area contributed by atoms with Gasteiger partial charge in [0.1, 0.15) is 0 Å². The Morgan fingerprint density at radius 1 is 0.783 bits per heavy atom. The van der Waals surface area contributed by atoms with Crippen molar-refractivity contribution < 1.29 is 9.90 Å². The van der Waals surface area contributed by atoms with Gasteiger partial charge in [0.05, 0.1) is 6.61 Å². The summed E-state index contributed by atoms with van der Waals surface area (Å²) in [5, 5.41) is 14.7. The lowest BCUT2D eigenvalue weighted by Crippen LogP contribution is -2.37. The second-order valence-corrected chi connectivity index (χ2v) is 5.50. The standard InChI is InChI=1S/C19H24N2O2/c22-15-18-10-8-17(9-11-18)12-14-21-19(23)20-13-4-7-16-5-2-1-3-6-16/h1-3,5-6,8-11,22H,4,7,12-15H2,(H2,20,21,23). The third-order valence-electron chi connectivity index (χ3n) is 3.68. The first-order valence-corrected chi connectivity index (χ1v) is 8.02. The van der Waals surface area contributed by atoms with Crippen LogP contribution in [0.3, 0.4) is 0 Å². The maximum absolute atomic E-state index is 11.7. The van der Waals surface area contributed by atoms with Gasteiger partial charge in [-0.2, -0.15) is 0 Å². The highest BCUT2D eigenvalue weighted by Gasteiger charge is 2.00. The van der Waals surface area contributed by atoms with Crippen molar-refractivity contribution in [1.29, 1.82) is 0 Å².